The highest BCUT2D eigenvalue weighted by molar-refractivity contribution is 9.11. The van der Waals surface area contributed by atoms with Gasteiger partial charge >= 0.3 is 17.4 Å². The van der Waals surface area contributed by atoms with E-state index in [1.54, 1.807) is 0 Å². The predicted molar refractivity (Wildman–Crippen MR) is 101 cm³/mol. The van der Waals surface area contributed by atoms with Crippen LogP contribution in [0.2, 0.25) is 0 Å². The molecule has 0 aliphatic heterocycles. The maximum absolute atomic E-state index is 14.0. The molecule has 0 N–H and O–H groups in total. The summed E-state index contributed by atoms with van der Waals surface area (Å²) in [6, 6.07) is 5.19. The molecule has 0 aliphatic rings. The first-order chi connectivity index (χ1) is 14.0. The van der Waals surface area contributed by atoms with E-state index in [-0.39, 0.29) is 8.95 Å². The highest BCUT2D eigenvalue weighted by atomic mass is 79.9. The molecule has 6 nitrogen and oxygen atoms in total. The van der Waals surface area contributed by atoms with Crippen LogP contribution in [-0.2, 0) is 0 Å². The van der Waals surface area contributed by atoms with Crippen molar-refractivity contribution in [3.63, 3.8) is 0 Å². The summed E-state index contributed by atoms with van der Waals surface area (Å²) in [6.07, 6.45) is -6.58. The maximum atomic E-state index is 14.0. The summed E-state index contributed by atoms with van der Waals surface area (Å²) in [7, 11) is 0. The molecule has 16 heteroatoms. The Morgan fingerprint density at radius 2 is 1.52 bits per heavy atom. The Bertz CT molecular complexity index is 1070. The summed E-state index contributed by atoms with van der Waals surface area (Å²) in [6.45, 7) is 0. The Morgan fingerprint density at radius 3 is 2.00 bits per heavy atom. The number of hydrogen-bond acceptors (Lipinski definition) is 5. The average molecular weight is 601 g/mol. The van der Waals surface area contributed by atoms with Gasteiger partial charge in [-0.3, -0.25) is 20.2 Å². The van der Waals surface area contributed by atoms with Crippen molar-refractivity contribution in [1.82, 2.24) is 0 Å². The molecule has 0 aromatic heterocycles. The van der Waals surface area contributed by atoms with Gasteiger partial charge in [-0.1, -0.05) is 15.9 Å². The molecule has 0 bridgehead atoms. The van der Waals surface area contributed by atoms with E-state index in [9.17, 15) is 51.0 Å². The van der Waals surface area contributed by atoms with Crippen LogP contribution in [0.25, 0.3) is 11.1 Å². The number of halogens is 9. The molecule has 167 valence electrons. The fourth-order valence-corrected chi connectivity index (χ4v) is 4.82. The zero-order valence-corrected chi connectivity index (χ0v) is 18.1. The molecule has 2 aromatic carbocycles. The second-order valence-corrected chi connectivity index (χ2v) is 8.38. The quantitative estimate of drug-likeness (QED) is 0.149. The van der Waals surface area contributed by atoms with E-state index in [1.165, 1.54) is 0 Å². The third-order valence-electron chi connectivity index (χ3n) is 3.57. The van der Waals surface area contributed by atoms with Crippen molar-refractivity contribution in [2.24, 2.45) is 0 Å². The van der Waals surface area contributed by atoms with E-state index in [2.05, 4.69) is 37.9 Å². The van der Waals surface area contributed by atoms with Crippen molar-refractivity contribution in [3.05, 3.63) is 59.5 Å². The Hall–Kier alpha value is -1.94. The zero-order valence-electron chi connectivity index (χ0n) is 14.1. The van der Waals surface area contributed by atoms with E-state index < -0.39 is 66.4 Å². The fraction of sp³-hybridized carbons (Fsp3) is 0.200. The number of alkyl halides is 7. The van der Waals surface area contributed by atoms with Crippen LogP contribution in [-0.4, -0.2) is 27.2 Å². The van der Waals surface area contributed by atoms with Gasteiger partial charge in [-0.25, -0.2) is 0 Å². The summed E-state index contributed by atoms with van der Waals surface area (Å²) < 4.78 is 91.7. The molecule has 0 unspecified atom stereocenters. The van der Waals surface area contributed by atoms with Gasteiger partial charge in [-0.2, -0.15) is 30.7 Å². The summed E-state index contributed by atoms with van der Waals surface area (Å²) in [5.74, 6) is -6.44. The average Bonchev–Trinajstić information content (AvgIpc) is 2.59. The third kappa shape index (κ3) is 4.95. The number of thioether (sulfide) groups is 1. The lowest BCUT2D eigenvalue weighted by Crippen LogP contribution is -2.49. The SMILES string of the molecule is O=[N+]([O-])c1ccc(-c2c(Br)[c]c(Br)cc2SC(F)(F)C(F)(F)C(F)(F)F)c([N+](=O)[O-])c1. The molecule has 0 fully saturated rings. The Balaban J connectivity index is 2.76. The molecule has 2 aromatic rings. The Morgan fingerprint density at radius 1 is 0.935 bits per heavy atom. The molecule has 0 spiro atoms. The zero-order chi connectivity index (χ0) is 23.9. The van der Waals surface area contributed by atoms with Gasteiger partial charge in [-0.05, 0) is 39.8 Å². The molecule has 0 aliphatic carbocycles. The van der Waals surface area contributed by atoms with Gasteiger partial charge in [0.1, 0.15) is 0 Å². The molecule has 0 heterocycles. The highest BCUT2D eigenvalue weighted by Gasteiger charge is 2.73. The van der Waals surface area contributed by atoms with E-state index in [1.807, 2.05) is 0 Å². The van der Waals surface area contributed by atoms with Crippen LogP contribution >= 0.6 is 43.6 Å². The second kappa shape index (κ2) is 8.54. The van der Waals surface area contributed by atoms with Crippen molar-refractivity contribution in [1.29, 1.82) is 0 Å². The van der Waals surface area contributed by atoms with Crippen LogP contribution in [0.3, 0.4) is 0 Å². The normalized spacial score (nSPS) is 12.7. The lowest BCUT2D eigenvalue weighted by molar-refractivity contribution is -0.393. The first kappa shape index (κ1) is 25.3. The molecule has 0 atom stereocenters. The summed E-state index contributed by atoms with van der Waals surface area (Å²) in [4.78, 5) is 19.2. The lowest BCUT2D eigenvalue weighted by Gasteiger charge is -2.28. The molecule has 31 heavy (non-hydrogen) atoms. The van der Waals surface area contributed by atoms with Crippen molar-refractivity contribution < 1.29 is 40.6 Å². The molecule has 0 saturated heterocycles. The van der Waals surface area contributed by atoms with Crippen molar-refractivity contribution >= 4 is 55.0 Å². The van der Waals surface area contributed by atoms with Gasteiger partial charge in [0.05, 0.1) is 21.5 Å². The van der Waals surface area contributed by atoms with Crippen LogP contribution in [0.15, 0.2) is 38.1 Å². The molecular weight excluding hydrogens is 597 g/mol. The molecule has 0 amide bonds. The molecule has 0 saturated carbocycles. The van der Waals surface area contributed by atoms with E-state index in [4.69, 9.17) is 0 Å². The smallest absolute Gasteiger partial charge is 0.258 e. The Labute approximate surface area is 188 Å². The Kier molecular flexibility index (Phi) is 6.97. The van der Waals surface area contributed by atoms with Gasteiger partial charge in [-0.15, -0.1) is 0 Å². The number of non-ortho nitro benzene ring substituents is 1. The van der Waals surface area contributed by atoms with Crippen LogP contribution in [0.1, 0.15) is 0 Å². The van der Waals surface area contributed by atoms with Crippen LogP contribution in [0.5, 0.6) is 0 Å². The number of hydrogen-bond donors (Lipinski definition) is 0. The third-order valence-corrected chi connectivity index (χ3v) is 5.65. The topological polar surface area (TPSA) is 86.3 Å². The van der Waals surface area contributed by atoms with Crippen molar-refractivity contribution in [2.75, 3.05) is 0 Å². The van der Waals surface area contributed by atoms with E-state index in [0.29, 0.717) is 12.1 Å². The monoisotopic (exact) mass is 599 g/mol. The molecule has 1 radical (unpaired) electrons. The van der Waals surface area contributed by atoms with Crippen molar-refractivity contribution in [3.8, 4) is 11.1 Å². The van der Waals surface area contributed by atoms with E-state index >= 15 is 0 Å². The number of benzene rings is 2. The molecular formula is C15H4Br2F7N2O4S. The van der Waals surface area contributed by atoms with Gasteiger partial charge < -0.3 is 0 Å². The maximum Gasteiger partial charge on any atom is 0.460 e. The number of rotatable bonds is 6. The lowest BCUT2D eigenvalue weighted by atomic mass is 10.0. The largest absolute Gasteiger partial charge is 0.460 e. The van der Waals surface area contributed by atoms with Gasteiger partial charge in [0, 0.05) is 31.5 Å². The summed E-state index contributed by atoms with van der Waals surface area (Å²) in [5, 5.41) is 16.5. The fourth-order valence-electron chi connectivity index (χ4n) is 2.19. The number of nitro benzene ring substituents is 2. The minimum Gasteiger partial charge on any atom is -0.258 e. The van der Waals surface area contributed by atoms with Gasteiger partial charge in [0.2, 0.25) is 0 Å². The first-order valence-corrected chi connectivity index (χ1v) is 9.75. The van der Waals surface area contributed by atoms with E-state index in [0.717, 1.165) is 12.1 Å². The minimum atomic E-state index is -6.58. The predicted octanol–water partition coefficient (Wildman–Crippen LogP) is 7.38. The van der Waals surface area contributed by atoms with Gasteiger partial charge in [0.25, 0.3) is 11.4 Å². The second-order valence-electron chi connectivity index (χ2n) is 5.58. The summed E-state index contributed by atoms with van der Waals surface area (Å²) >= 11 is 4.49. The van der Waals surface area contributed by atoms with Crippen LogP contribution in [0, 0.1) is 26.3 Å². The summed E-state index contributed by atoms with van der Waals surface area (Å²) in [5.41, 5.74) is -2.86. The highest BCUT2D eigenvalue weighted by Crippen LogP contribution is 2.56. The van der Waals surface area contributed by atoms with Crippen molar-refractivity contribution in [2.45, 2.75) is 22.2 Å². The minimum absolute atomic E-state index is 0.152. The van der Waals surface area contributed by atoms with Gasteiger partial charge in [0.15, 0.2) is 0 Å². The molecule has 2 rings (SSSR count). The standard InChI is InChI=1S/C15H4Br2F7N2O4S/c16-6-3-9(17)12(8-2-1-7(25(27)28)5-10(8)26(29)30)11(4-6)31-15(23,24)13(18,19)14(20,21)22/h1-2,4-5H. The first-order valence-electron chi connectivity index (χ1n) is 7.35. The number of nitrogens with zero attached hydrogens (tertiary/aromatic N) is 2. The van der Waals surface area contributed by atoms with Crippen LogP contribution < -0.4 is 0 Å². The van der Waals surface area contributed by atoms with Crippen LogP contribution in [0.4, 0.5) is 42.1 Å². The number of nitro groups is 2.